The Morgan fingerprint density at radius 2 is 2.35 bits per heavy atom. The van der Waals surface area contributed by atoms with Gasteiger partial charge in [-0.1, -0.05) is 23.1 Å². The second kappa shape index (κ2) is 7.02. The van der Waals surface area contributed by atoms with Gasteiger partial charge >= 0.3 is 0 Å². The van der Waals surface area contributed by atoms with Crippen LogP contribution in [0, 0.1) is 13.8 Å². The molecule has 1 fully saturated rings. The van der Waals surface area contributed by atoms with Crippen molar-refractivity contribution < 1.29 is 9.53 Å². The van der Waals surface area contributed by atoms with Crippen LogP contribution >= 0.6 is 23.1 Å². The number of ether oxygens (including phenoxy) is 1. The maximum Gasteiger partial charge on any atom is 0.203 e. The molecule has 1 saturated heterocycles. The molecule has 0 unspecified atom stereocenters. The van der Waals surface area contributed by atoms with Gasteiger partial charge in [-0.15, -0.1) is 10.2 Å². The normalized spacial score (nSPS) is 17.7. The molecular formula is C15H20N4O2S2. The minimum Gasteiger partial charge on any atom is -0.376 e. The molecule has 3 heterocycles. The van der Waals surface area contributed by atoms with Gasteiger partial charge in [0.05, 0.1) is 11.9 Å². The number of aromatic nitrogens is 3. The maximum absolute atomic E-state index is 12.5. The van der Waals surface area contributed by atoms with Crippen molar-refractivity contribution in [3.8, 4) is 0 Å². The van der Waals surface area contributed by atoms with E-state index in [0.717, 1.165) is 47.3 Å². The molecule has 2 aromatic heterocycles. The first kappa shape index (κ1) is 16.5. The van der Waals surface area contributed by atoms with Gasteiger partial charge in [0.25, 0.3) is 0 Å². The van der Waals surface area contributed by atoms with Gasteiger partial charge in [0, 0.05) is 30.1 Å². The van der Waals surface area contributed by atoms with Crippen molar-refractivity contribution in [2.45, 2.75) is 43.7 Å². The molecule has 2 N–H and O–H groups in total. The first-order valence-corrected chi connectivity index (χ1v) is 9.38. The van der Waals surface area contributed by atoms with Gasteiger partial charge < -0.3 is 15.0 Å². The third-order valence-corrected chi connectivity index (χ3v) is 5.92. The number of ketones is 1. The number of hydrogen-bond donors (Lipinski definition) is 1. The minimum absolute atomic E-state index is 0.107. The average molecular weight is 352 g/mol. The summed E-state index contributed by atoms with van der Waals surface area (Å²) in [6, 6.07) is 1.97. The van der Waals surface area contributed by atoms with E-state index in [0.29, 0.717) is 10.9 Å². The van der Waals surface area contributed by atoms with Gasteiger partial charge in [-0.2, -0.15) is 0 Å². The fourth-order valence-electron chi connectivity index (χ4n) is 2.84. The Labute approximate surface area is 143 Å². The van der Waals surface area contributed by atoms with E-state index in [1.807, 2.05) is 19.9 Å². The molecule has 0 aliphatic carbocycles. The van der Waals surface area contributed by atoms with Gasteiger partial charge in [-0.05, 0) is 32.8 Å². The summed E-state index contributed by atoms with van der Waals surface area (Å²) in [6.45, 7) is 5.71. The Kier molecular flexibility index (Phi) is 5.03. The van der Waals surface area contributed by atoms with Crippen LogP contribution in [-0.2, 0) is 11.3 Å². The Bertz CT molecular complexity index is 704. The maximum atomic E-state index is 12.5. The lowest BCUT2D eigenvalue weighted by Crippen LogP contribution is -2.17. The summed E-state index contributed by atoms with van der Waals surface area (Å²) in [5.74, 6) is 0.453. The lowest BCUT2D eigenvalue weighted by Gasteiger charge is -2.14. The molecular weight excluding hydrogens is 332 g/mol. The van der Waals surface area contributed by atoms with Crippen molar-refractivity contribution in [2.75, 3.05) is 18.1 Å². The van der Waals surface area contributed by atoms with Crippen LogP contribution in [0.3, 0.4) is 0 Å². The monoisotopic (exact) mass is 352 g/mol. The van der Waals surface area contributed by atoms with E-state index in [-0.39, 0.29) is 11.9 Å². The van der Waals surface area contributed by atoms with E-state index in [1.54, 1.807) is 0 Å². The highest BCUT2D eigenvalue weighted by Crippen LogP contribution is 2.26. The van der Waals surface area contributed by atoms with E-state index in [4.69, 9.17) is 10.5 Å². The highest BCUT2D eigenvalue weighted by atomic mass is 32.2. The Morgan fingerprint density at radius 1 is 1.52 bits per heavy atom. The number of anilines is 1. The fraction of sp³-hybridized carbons (Fsp3) is 0.533. The first-order valence-electron chi connectivity index (χ1n) is 7.58. The number of hydrogen-bond acceptors (Lipinski definition) is 7. The summed E-state index contributed by atoms with van der Waals surface area (Å²) in [4.78, 5) is 12.5. The number of nitrogens with two attached hydrogens (primary N) is 1. The number of nitrogens with zero attached hydrogens (tertiary/aromatic N) is 3. The predicted octanol–water partition coefficient (Wildman–Crippen LogP) is 2.69. The Hall–Kier alpha value is -1.38. The fourth-order valence-corrected chi connectivity index (χ4v) is 4.36. The third kappa shape index (κ3) is 3.76. The van der Waals surface area contributed by atoms with Crippen LogP contribution in [0.5, 0.6) is 0 Å². The summed E-state index contributed by atoms with van der Waals surface area (Å²) in [5.41, 5.74) is 8.45. The first-order chi connectivity index (χ1) is 11.0. The molecule has 3 rings (SSSR count). The molecule has 124 valence electrons. The molecule has 0 radical (unpaired) electrons. The largest absolute Gasteiger partial charge is 0.376 e. The number of nitrogen functional groups attached to an aromatic ring is 1. The lowest BCUT2D eigenvalue weighted by molar-refractivity contribution is 0.0957. The highest BCUT2D eigenvalue weighted by molar-refractivity contribution is 8.01. The zero-order chi connectivity index (χ0) is 16.4. The standard InChI is InChI=1S/C15H20N4O2S2/c1-9-6-12(10(2)19(9)7-11-4-3-5-21-11)13(20)8-22-15-18-17-14(16)23-15/h6,11H,3-5,7-8H2,1-2H3,(H2,16,17)/t11-/m1/s1. The van der Waals surface area contributed by atoms with Crippen molar-refractivity contribution in [2.24, 2.45) is 0 Å². The molecule has 0 saturated carbocycles. The molecule has 1 aliphatic rings. The molecule has 8 heteroatoms. The smallest absolute Gasteiger partial charge is 0.203 e. The van der Waals surface area contributed by atoms with E-state index in [2.05, 4.69) is 14.8 Å². The average Bonchev–Trinajstić information content (AvgIpc) is 3.23. The SMILES string of the molecule is Cc1cc(C(=O)CSc2nnc(N)s2)c(C)n1C[C@H]1CCCO1. The van der Waals surface area contributed by atoms with Crippen molar-refractivity contribution >= 4 is 34.0 Å². The Morgan fingerprint density at radius 3 is 3.00 bits per heavy atom. The summed E-state index contributed by atoms with van der Waals surface area (Å²) >= 11 is 2.69. The number of Topliss-reactive ketones (excluding diaryl/α,β-unsaturated/α-hetero) is 1. The molecule has 1 atom stereocenters. The molecule has 0 aromatic carbocycles. The van der Waals surface area contributed by atoms with Crippen LogP contribution in [0.1, 0.15) is 34.6 Å². The van der Waals surface area contributed by atoms with Crippen LogP contribution in [0.4, 0.5) is 5.13 Å². The van der Waals surface area contributed by atoms with Crippen LogP contribution in [0.2, 0.25) is 0 Å². The van der Waals surface area contributed by atoms with Gasteiger partial charge in [0.1, 0.15) is 0 Å². The summed E-state index contributed by atoms with van der Waals surface area (Å²) in [7, 11) is 0. The Balaban J connectivity index is 1.68. The molecule has 0 spiro atoms. The number of aryl methyl sites for hydroxylation is 1. The van der Waals surface area contributed by atoms with Crippen molar-refractivity contribution in [3.63, 3.8) is 0 Å². The molecule has 0 bridgehead atoms. The zero-order valence-corrected chi connectivity index (χ0v) is 14.9. The molecule has 1 aliphatic heterocycles. The van der Waals surface area contributed by atoms with Crippen molar-refractivity contribution in [1.82, 2.24) is 14.8 Å². The van der Waals surface area contributed by atoms with E-state index < -0.39 is 0 Å². The second-order valence-corrected chi connectivity index (χ2v) is 7.88. The topological polar surface area (TPSA) is 83.0 Å². The predicted molar refractivity (Wildman–Crippen MR) is 92.3 cm³/mol. The van der Waals surface area contributed by atoms with Gasteiger partial charge in [0.2, 0.25) is 5.13 Å². The van der Waals surface area contributed by atoms with E-state index in [9.17, 15) is 4.79 Å². The van der Waals surface area contributed by atoms with Crippen LogP contribution in [0.15, 0.2) is 10.4 Å². The number of carbonyl (C=O) groups is 1. The molecule has 6 nitrogen and oxygen atoms in total. The van der Waals surface area contributed by atoms with Crippen molar-refractivity contribution in [3.05, 3.63) is 23.0 Å². The summed E-state index contributed by atoms with van der Waals surface area (Å²) < 4.78 is 8.63. The number of rotatable bonds is 6. The van der Waals surface area contributed by atoms with Gasteiger partial charge in [-0.25, -0.2) is 0 Å². The van der Waals surface area contributed by atoms with E-state index in [1.165, 1.54) is 23.1 Å². The van der Waals surface area contributed by atoms with Crippen molar-refractivity contribution in [1.29, 1.82) is 0 Å². The minimum atomic E-state index is 0.107. The summed E-state index contributed by atoms with van der Waals surface area (Å²) in [5, 5.41) is 8.11. The van der Waals surface area contributed by atoms with Crippen LogP contribution < -0.4 is 5.73 Å². The van der Waals surface area contributed by atoms with Crippen LogP contribution in [0.25, 0.3) is 0 Å². The zero-order valence-electron chi connectivity index (χ0n) is 13.2. The number of carbonyl (C=O) groups excluding carboxylic acids is 1. The highest BCUT2D eigenvalue weighted by Gasteiger charge is 2.21. The quantitative estimate of drug-likeness (QED) is 0.636. The number of thioether (sulfide) groups is 1. The summed E-state index contributed by atoms with van der Waals surface area (Å²) in [6.07, 6.45) is 2.48. The lowest BCUT2D eigenvalue weighted by atomic mass is 10.2. The molecule has 0 amide bonds. The molecule has 23 heavy (non-hydrogen) atoms. The third-order valence-electron chi connectivity index (χ3n) is 4.03. The molecule has 2 aromatic rings. The van der Waals surface area contributed by atoms with Gasteiger partial charge in [0.15, 0.2) is 10.1 Å². The second-order valence-electron chi connectivity index (χ2n) is 5.65. The van der Waals surface area contributed by atoms with Crippen LogP contribution in [-0.4, -0.2) is 39.0 Å². The van der Waals surface area contributed by atoms with E-state index >= 15 is 0 Å². The van der Waals surface area contributed by atoms with Gasteiger partial charge in [-0.3, -0.25) is 4.79 Å².